The summed E-state index contributed by atoms with van der Waals surface area (Å²) in [7, 11) is 0. The van der Waals surface area contributed by atoms with Crippen molar-refractivity contribution in [3.05, 3.63) is 67.1 Å². The fourth-order valence-corrected chi connectivity index (χ4v) is 6.18. The Morgan fingerprint density at radius 3 is 1.92 bits per heavy atom. The minimum absolute atomic E-state index is 0.0519. The summed E-state index contributed by atoms with van der Waals surface area (Å²) >= 11 is 25.1. The standard InChI is InChI=1S/C31H30Cl4N2O12/c1-14(38)45-13-18-26(47-15(2)39)27(48-16(3)40)25(37-28(41)19-20(29(37)42)22(33)24(35)23(34)21(19)32)30(49-18)44-11-7-10-36-31(43)46-12-17-8-5-4-6-9-17/h4-6,8-9,18,25-27,30H,7,10-13H2,1-3H3,(H,36,43)/t18-,25-,26-,27-,30?/m1/s1. The first kappa shape index (κ1) is 38.1. The molecule has 0 saturated carbocycles. The van der Waals surface area contributed by atoms with Gasteiger partial charge in [0.1, 0.15) is 25.4 Å². The number of carbonyl (C=O) groups excluding carboxylic acids is 6. The van der Waals surface area contributed by atoms with Gasteiger partial charge in [-0.1, -0.05) is 76.7 Å². The van der Waals surface area contributed by atoms with Crippen molar-refractivity contribution in [1.29, 1.82) is 0 Å². The monoisotopic (exact) mass is 762 g/mol. The zero-order valence-electron chi connectivity index (χ0n) is 26.2. The fourth-order valence-electron chi connectivity index (χ4n) is 5.17. The molecule has 18 heteroatoms. The first-order valence-corrected chi connectivity index (χ1v) is 16.2. The Kier molecular flexibility index (Phi) is 13.1. The number of esters is 3. The Labute approximate surface area is 300 Å². The third-order valence-corrected chi connectivity index (χ3v) is 8.99. The number of imide groups is 1. The number of fused-ring (bicyclic) bond motifs is 1. The molecule has 0 bridgehead atoms. The molecule has 0 aromatic heterocycles. The highest BCUT2D eigenvalue weighted by Crippen LogP contribution is 2.46. The zero-order valence-corrected chi connectivity index (χ0v) is 29.2. The Balaban J connectivity index is 1.62. The highest BCUT2D eigenvalue weighted by molar-refractivity contribution is 6.55. The number of ether oxygens (including phenoxy) is 6. The lowest BCUT2D eigenvalue weighted by molar-refractivity contribution is -0.286. The van der Waals surface area contributed by atoms with Crippen LogP contribution in [0, 0.1) is 0 Å². The summed E-state index contributed by atoms with van der Waals surface area (Å²) in [6.45, 7) is 2.70. The maximum atomic E-state index is 13.9. The SMILES string of the molecule is CC(=O)OC[C@H]1OC(OCCCNC(=O)OCc2ccccc2)[C@H](N2C(=O)c3c(Cl)c(Cl)c(Cl)c(Cl)c3C2=O)[C@@H](OC(C)=O)[C@@H]1OC(C)=O. The quantitative estimate of drug-likeness (QED) is 0.0787. The second-order valence-corrected chi connectivity index (χ2v) is 12.2. The Morgan fingerprint density at radius 2 is 1.37 bits per heavy atom. The number of halogens is 4. The lowest BCUT2D eigenvalue weighted by atomic mass is 9.94. The summed E-state index contributed by atoms with van der Waals surface area (Å²) in [6.07, 6.45) is -6.57. The van der Waals surface area contributed by atoms with Crippen molar-refractivity contribution in [2.45, 2.75) is 64.4 Å². The fraction of sp³-hybridized carbons (Fsp3) is 0.419. The number of hydrogen-bond acceptors (Lipinski definition) is 12. The predicted octanol–water partition coefficient (Wildman–Crippen LogP) is 4.75. The maximum Gasteiger partial charge on any atom is 0.407 e. The van der Waals surface area contributed by atoms with Gasteiger partial charge < -0.3 is 33.7 Å². The molecular weight excluding hydrogens is 734 g/mol. The van der Waals surface area contributed by atoms with E-state index in [4.69, 9.17) is 74.8 Å². The number of rotatable bonds is 12. The van der Waals surface area contributed by atoms with Crippen LogP contribution < -0.4 is 5.32 Å². The second kappa shape index (κ2) is 16.8. The molecule has 0 radical (unpaired) electrons. The lowest BCUT2D eigenvalue weighted by Crippen LogP contribution is -2.67. The van der Waals surface area contributed by atoms with E-state index in [-0.39, 0.29) is 57.4 Å². The van der Waals surface area contributed by atoms with E-state index in [1.807, 2.05) is 6.07 Å². The van der Waals surface area contributed by atoms with Crippen LogP contribution in [-0.2, 0) is 49.4 Å². The summed E-state index contributed by atoms with van der Waals surface area (Å²) in [6, 6.07) is 7.40. The van der Waals surface area contributed by atoms with E-state index in [0.29, 0.717) is 4.90 Å². The number of nitrogens with one attached hydrogen (secondary N) is 1. The number of alkyl carbamates (subject to hydrolysis) is 1. The minimum Gasteiger partial charge on any atom is -0.463 e. The largest absolute Gasteiger partial charge is 0.463 e. The molecule has 0 aliphatic carbocycles. The van der Waals surface area contributed by atoms with Crippen LogP contribution in [-0.4, -0.2) is 91.1 Å². The van der Waals surface area contributed by atoms with Crippen LogP contribution in [0.15, 0.2) is 30.3 Å². The zero-order chi connectivity index (χ0) is 36.0. The van der Waals surface area contributed by atoms with Gasteiger partial charge in [-0.05, 0) is 12.0 Å². The molecule has 2 aliphatic rings. The minimum atomic E-state index is -1.64. The molecule has 2 aromatic carbocycles. The van der Waals surface area contributed by atoms with Crippen LogP contribution in [0.25, 0.3) is 0 Å². The molecule has 2 aromatic rings. The van der Waals surface area contributed by atoms with E-state index in [0.717, 1.165) is 26.3 Å². The average Bonchev–Trinajstić information content (AvgIpc) is 3.31. The molecular formula is C31H30Cl4N2O12. The molecule has 2 aliphatic heterocycles. The van der Waals surface area contributed by atoms with Crippen molar-refractivity contribution in [3.8, 4) is 0 Å². The first-order valence-electron chi connectivity index (χ1n) is 14.7. The van der Waals surface area contributed by atoms with Crippen LogP contribution >= 0.6 is 46.4 Å². The van der Waals surface area contributed by atoms with Gasteiger partial charge >= 0.3 is 24.0 Å². The number of hydrogen-bond donors (Lipinski definition) is 1. The van der Waals surface area contributed by atoms with Gasteiger partial charge in [-0.15, -0.1) is 0 Å². The van der Waals surface area contributed by atoms with Gasteiger partial charge in [0.05, 0.1) is 37.8 Å². The summed E-state index contributed by atoms with van der Waals surface area (Å²) < 4.78 is 33.3. The molecule has 1 fully saturated rings. The third kappa shape index (κ3) is 8.93. The van der Waals surface area contributed by atoms with E-state index in [1.165, 1.54) is 0 Å². The molecule has 14 nitrogen and oxygen atoms in total. The van der Waals surface area contributed by atoms with Gasteiger partial charge in [0, 0.05) is 27.3 Å². The van der Waals surface area contributed by atoms with E-state index in [2.05, 4.69) is 5.32 Å². The average molecular weight is 764 g/mol. The van der Waals surface area contributed by atoms with Gasteiger partial charge in [-0.2, -0.15) is 0 Å². The number of benzene rings is 2. The molecule has 49 heavy (non-hydrogen) atoms. The van der Waals surface area contributed by atoms with Crippen molar-refractivity contribution in [3.63, 3.8) is 0 Å². The van der Waals surface area contributed by atoms with Gasteiger partial charge in [0.2, 0.25) is 0 Å². The molecule has 1 unspecified atom stereocenters. The highest BCUT2D eigenvalue weighted by atomic mass is 35.5. The van der Waals surface area contributed by atoms with Gasteiger partial charge in [0.15, 0.2) is 18.5 Å². The number of carbonyl (C=O) groups is 6. The molecule has 264 valence electrons. The normalized spacial score (nSPS) is 21.5. The third-order valence-electron chi connectivity index (χ3n) is 7.19. The summed E-state index contributed by atoms with van der Waals surface area (Å²) in [5, 5.41) is 1.28. The maximum absolute atomic E-state index is 13.9. The lowest BCUT2D eigenvalue weighted by Gasteiger charge is -2.47. The molecule has 1 N–H and O–H groups in total. The molecule has 2 heterocycles. The number of nitrogens with zero attached hydrogens (tertiary/aromatic N) is 1. The van der Waals surface area contributed by atoms with Crippen LogP contribution in [0.4, 0.5) is 4.79 Å². The molecule has 1 saturated heterocycles. The second-order valence-electron chi connectivity index (χ2n) is 10.7. The Bertz CT molecular complexity index is 1580. The Morgan fingerprint density at radius 1 is 0.796 bits per heavy atom. The van der Waals surface area contributed by atoms with Crippen molar-refractivity contribution in [2.75, 3.05) is 19.8 Å². The van der Waals surface area contributed by atoms with Crippen LogP contribution in [0.3, 0.4) is 0 Å². The highest BCUT2D eigenvalue weighted by Gasteiger charge is 2.58. The molecule has 4 rings (SSSR count). The van der Waals surface area contributed by atoms with Gasteiger partial charge in [-0.3, -0.25) is 28.9 Å². The van der Waals surface area contributed by atoms with Crippen molar-refractivity contribution >= 4 is 82.2 Å². The molecule has 5 atom stereocenters. The smallest absolute Gasteiger partial charge is 0.407 e. The van der Waals surface area contributed by atoms with E-state index >= 15 is 0 Å². The van der Waals surface area contributed by atoms with Crippen LogP contribution in [0.1, 0.15) is 53.5 Å². The van der Waals surface area contributed by atoms with Crippen molar-refractivity contribution < 1.29 is 57.2 Å². The van der Waals surface area contributed by atoms with E-state index in [1.54, 1.807) is 24.3 Å². The summed E-state index contributed by atoms with van der Waals surface area (Å²) in [5.41, 5.74) is 0.0332. The van der Waals surface area contributed by atoms with Gasteiger partial charge in [0.25, 0.3) is 11.8 Å². The van der Waals surface area contributed by atoms with E-state index < -0.39 is 73.1 Å². The van der Waals surface area contributed by atoms with E-state index in [9.17, 15) is 28.8 Å². The predicted molar refractivity (Wildman–Crippen MR) is 172 cm³/mol. The summed E-state index contributed by atoms with van der Waals surface area (Å²) in [4.78, 5) is 77.0. The van der Waals surface area contributed by atoms with Crippen LogP contribution in [0.2, 0.25) is 20.1 Å². The van der Waals surface area contributed by atoms with Gasteiger partial charge in [-0.25, -0.2) is 4.79 Å². The topological polar surface area (TPSA) is 173 Å². The molecule has 3 amide bonds. The molecule has 0 spiro atoms. The Hall–Kier alpha value is -3.66. The van der Waals surface area contributed by atoms with Crippen molar-refractivity contribution in [1.82, 2.24) is 10.2 Å². The summed E-state index contributed by atoms with van der Waals surface area (Å²) in [5.74, 6) is -4.50. The van der Waals surface area contributed by atoms with Crippen LogP contribution in [0.5, 0.6) is 0 Å². The first-order chi connectivity index (χ1) is 23.2. The number of amides is 3. The van der Waals surface area contributed by atoms with Crippen molar-refractivity contribution in [2.24, 2.45) is 0 Å².